The van der Waals surface area contributed by atoms with Crippen molar-refractivity contribution in [1.29, 1.82) is 0 Å². The molecule has 0 unspecified atom stereocenters. The van der Waals surface area contributed by atoms with E-state index >= 15 is 0 Å². The molecule has 124 valence electrons. The van der Waals surface area contributed by atoms with E-state index in [0.717, 1.165) is 34.6 Å². The van der Waals surface area contributed by atoms with Crippen molar-refractivity contribution in [1.82, 2.24) is 25.3 Å². The highest BCUT2D eigenvalue weighted by molar-refractivity contribution is 7.18. The van der Waals surface area contributed by atoms with E-state index < -0.39 is 0 Å². The highest BCUT2D eigenvalue weighted by atomic mass is 32.1. The largest absolute Gasteiger partial charge is 0.343 e. The Kier molecular flexibility index (Phi) is 4.12. The number of fused-ring (bicyclic) bond motifs is 1. The second kappa shape index (κ2) is 6.56. The summed E-state index contributed by atoms with van der Waals surface area (Å²) < 4.78 is 5.95. The van der Waals surface area contributed by atoms with Crippen LogP contribution in [0.2, 0.25) is 0 Å². The molecule has 0 spiro atoms. The number of hydrogen-bond acceptors (Lipinski definition) is 6. The van der Waals surface area contributed by atoms with Crippen LogP contribution >= 0.6 is 11.3 Å². The number of nitrogens with one attached hydrogen (secondary N) is 1. The van der Waals surface area contributed by atoms with E-state index in [9.17, 15) is 4.79 Å². The van der Waals surface area contributed by atoms with E-state index in [4.69, 9.17) is 4.52 Å². The van der Waals surface area contributed by atoms with Crippen LogP contribution in [0.25, 0.3) is 10.2 Å². The molecular weight excluding hydrogens is 326 g/mol. The van der Waals surface area contributed by atoms with Crippen LogP contribution in [0.15, 0.2) is 35.2 Å². The number of benzene rings is 1. The molecule has 0 saturated carbocycles. The SMILES string of the molecule is O=C(NCc1nc2ccccc2s1)N1CCC[C@@H](c2ncon2)C1. The molecule has 24 heavy (non-hydrogen) atoms. The molecule has 1 fully saturated rings. The number of hydrogen-bond donors (Lipinski definition) is 1. The lowest BCUT2D eigenvalue weighted by molar-refractivity contribution is 0.177. The Bertz CT molecular complexity index is 799. The number of carbonyl (C=O) groups is 1. The maximum atomic E-state index is 12.4. The summed E-state index contributed by atoms with van der Waals surface area (Å²) in [6.45, 7) is 1.81. The van der Waals surface area contributed by atoms with Gasteiger partial charge in [0.2, 0.25) is 6.39 Å². The minimum atomic E-state index is -0.0672. The smallest absolute Gasteiger partial charge is 0.317 e. The topological polar surface area (TPSA) is 84.2 Å². The van der Waals surface area contributed by atoms with Gasteiger partial charge in [0.1, 0.15) is 5.01 Å². The van der Waals surface area contributed by atoms with Gasteiger partial charge in [-0.3, -0.25) is 0 Å². The molecule has 3 heterocycles. The Morgan fingerprint density at radius 1 is 1.42 bits per heavy atom. The third-order valence-electron chi connectivity index (χ3n) is 4.18. The van der Waals surface area contributed by atoms with Gasteiger partial charge in [0.15, 0.2) is 5.82 Å². The van der Waals surface area contributed by atoms with E-state index in [-0.39, 0.29) is 11.9 Å². The first kappa shape index (κ1) is 15.1. The molecule has 1 N–H and O–H groups in total. The van der Waals surface area contributed by atoms with Gasteiger partial charge in [0, 0.05) is 19.0 Å². The standard InChI is InChI=1S/C16H17N5O2S/c22-16(17-8-14-19-12-5-1-2-6-13(12)24-14)21-7-3-4-11(9-21)15-18-10-23-20-15/h1-2,5-6,10-11H,3-4,7-9H2,(H,17,22)/t11-/m1/s1. The Balaban J connectivity index is 1.37. The molecular formula is C16H17N5O2S. The highest BCUT2D eigenvalue weighted by Gasteiger charge is 2.27. The molecule has 1 aromatic carbocycles. The zero-order chi connectivity index (χ0) is 16.4. The van der Waals surface area contributed by atoms with E-state index in [1.807, 2.05) is 29.2 Å². The van der Waals surface area contributed by atoms with Crippen molar-refractivity contribution in [3.63, 3.8) is 0 Å². The molecule has 1 aliphatic heterocycles. The summed E-state index contributed by atoms with van der Waals surface area (Å²) >= 11 is 1.61. The van der Waals surface area contributed by atoms with Crippen LogP contribution in [0.4, 0.5) is 4.79 Å². The zero-order valence-electron chi connectivity index (χ0n) is 13.0. The van der Waals surface area contributed by atoms with Gasteiger partial charge < -0.3 is 14.7 Å². The maximum absolute atomic E-state index is 12.4. The molecule has 0 bridgehead atoms. The van der Waals surface area contributed by atoms with Gasteiger partial charge in [-0.1, -0.05) is 17.3 Å². The summed E-state index contributed by atoms with van der Waals surface area (Å²) in [5.41, 5.74) is 0.974. The zero-order valence-corrected chi connectivity index (χ0v) is 13.8. The van der Waals surface area contributed by atoms with Crippen LogP contribution in [0.1, 0.15) is 29.6 Å². The van der Waals surface area contributed by atoms with E-state index in [0.29, 0.717) is 18.9 Å². The van der Waals surface area contributed by atoms with Crippen LogP contribution in [-0.2, 0) is 6.54 Å². The van der Waals surface area contributed by atoms with Gasteiger partial charge in [-0.2, -0.15) is 4.98 Å². The Hall–Kier alpha value is -2.48. The molecule has 1 atom stereocenters. The minimum absolute atomic E-state index is 0.0672. The second-order valence-corrected chi connectivity index (χ2v) is 6.92. The normalized spacial score (nSPS) is 18.0. The average Bonchev–Trinajstić information content (AvgIpc) is 3.29. The first-order valence-corrected chi connectivity index (χ1v) is 8.75. The molecule has 0 aliphatic carbocycles. The average molecular weight is 343 g/mol. The quantitative estimate of drug-likeness (QED) is 0.790. The van der Waals surface area contributed by atoms with Crippen molar-refractivity contribution < 1.29 is 9.32 Å². The molecule has 0 radical (unpaired) electrons. The number of thiazole rings is 1. The summed E-state index contributed by atoms with van der Waals surface area (Å²) in [7, 11) is 0. The van der Waals surface area contributed by atoms with E-state index in [1.54, 1.807) is 11.3 Å². The number of likely N-dealkylation sites (tertiary alicyclic amines) is 1. The fourth-order valence-corrected chi connectivity index (χ4v) is 3.90. The molecule has 1 saturated heterocycles. The number of piperidine rings is 1. The van der Waals surface area contributed by atoms with Crippen LogP contribution in [0, 0.1) is 0 Å². The summed E-state index contributed by atoms with van der Waals surface area (Å²) in [4.78, 5) is 22.9. The van der Waals surface area contributed by atoms with Crippen molar-refractivity contribution in [3.8, 4) is 0 Å². The molecule has 2 amide bonds. The predicted octanol–water partition coefficient (Wildman–Crippen LogP) is 2.77. The van der Waals surface area contributed by atoms with E-state index in [2.05, 4.69) is 20.4 Å². The fraction of sp³-hybridized carbons (Fsp3) is 0.375. The van der Waals surface area contributed by atoms with Gasteiger partial charge in [-0.15, -0.1) is 11.3 Å². The Morgan fingerprint density at radius 2 is 2.33 bits per heavy atom. The van der Waals surface area contributed by atoms with Gasteiger partial charge >= 0.3 is 6.03 Å². The molecule has 4 rings (SSSR count). The summed E-state index contributed by atoms with van der Waals surface area (Å²) in [6.07, 6.45) is 3.25. The van der Waals surface area contributed by atoms with Crippen LogP contribution < -0.4 is 5.32 Å². The van der Waals surface area contributed by atoms with Crippen molar-refractivity contribution in [3.05, 3.63) is 41.5 Å². The fourth-order valence-electron chi connectivity index (χ4n) is 2.99. The van der Waals surface area contributed by atoms with Gasteiger partial charge in [-0.05, 0) is 25.0 Å². The van der Waals surface area contributed by atoms with Crippen molar-refractivity contribution >= 4 is 27.6 Å². The van der Waals surface area contributed by atoms with Crippen molar-refractivity contribution in [2.24, 2.45) is 0 Å². The van der Waals surface area contributed by atoms with Gasteiger partial charge in [0.25, 0.3) is 0 Å². The first-order chi connectivity index (χ1) is 11.8. The lowest BCUT2D eigenvalue weighted by Gasteiger charge is -2.31. The third kappa shape index (κ3) is 3.09. The van der Waals surface area contributed by atoms with Crippen LogP contribution in [-0.4, -0.2) is 39.1 Å². The molecule has 1 aliphatic rings. The summed E-state index contributed by atoms with van der Waals surface area (Å²) in [6, 6.07) is 7.92. The number of carbonyl (C=O) groups excluding carboxylic acids is 1. The predicted molar refractivity (Wildman–Crippen MR) is 89.7 cm³/mol. The van der Waals surface area contributed by atoms with Crippen molar-refractivity contribution in [2.75, 3.05) is 13.1 Å². The number of rotatable bonds is 3. The third-order valence-corrected chi connectivity index (χ3v) is 5.22. The molecule has 7 nitrogen and oxygen atoms in total. The lowest BCUT2D eigenvalue weighted by Crippen LogP contribution is -2.44. The number of urea groups is 1. The lowest BCUT2D eigenvalue weighted by atomic mass is 9.98. The summed E-state index contributed by atoms with van der Waals surface area (Å²) in [5, 5.41) is 7.78. The Labute approximate surface area is 142 Å². The van der Waals surface area contributed by atoms with E-state index in [1.165, 1.54) is 6.39 Å². The monoisotopic (exact) mass is 343 g/mol. The molecule has 8 heteroatoms. The van der Waals surface area contributed by atoms with Crippen molar-refractivity contribution in [2.45, 2.75) is 25.3 Å². The minimum Gasteiger partial charge on any atom is -0.343 e. The van der Waals surface area contributed by atoms with Gasteiger partial charge in [-0.25, -0.2) is 9.78 Å². The van der Waals surface area contributed by atoms with Crippen LogP contribution in [0.5, 0.6) is 0 Å². The maximum Gasteiger partial charge on any atom is 0.317 e. The second-order valence-electron chi connectivity index (χ2n) is 5.81. The highest BCUT2D eigenvalue weighted by Crippen LogP contribution is 2.24. The number of aromatic nitrogens is 3. The summed E-state index contributed by atoms with van der Waals surface area (Å²) in [5.74, 6) is 0.823. The van der Waals surface area contributed by atoms with Crippen LogP contribution in [0.3, 0.4) is 0 Å². The van der Waals surface area contributed by atoms with Gasteiger partial charge in [0.05, 0.1) is 16.8 Å². The Morgan fingerprint density at radius 3 is 3.17 bits per heavy atom. The first-order valence-electron chi connectivity index (χ1n) is 7.93. The number of nitrogens with zero attached hydrogens (tertiary/aromatic N) is 4. The molecule has 2 aromatic heterocycles. The number of para-hydroxylation sites is 1. The number of amides is 2. The molecule has 3 aromatic rings.